The van der Waals surface area contributed by atoms with Crippen LogP contribution in [-0.4, -0.2) is 87.5 Å². The van der Waals surface area contributed by atoms with E-state index in [2.05, 4.69) is 92.1 Å². The van der Waals surface area contributed by atoms with Crippen molar-refractivity contribution in [1.29, 1.82) is 0 Å². The van der Waals surface area contributed by atoms with Crippen LogP contribution in [0.2, 0.25) is 0 Å². The van der Waals surface area contributed by atoms with E-state index in [1.165, 1.54) is 289 Å². The molecule has 7 unspecified atom stereocenters. The van der Waals surface area contributed by atoms with Crippen LogP contribution in [-0.2, 0) is 14.3 Å². The molecule has 9 heteroatoms. The molecule has 0 aromatic rings. The second kappa shape index (κ2) is 72.1. The smallest absolute Gasteiger partial charge is 0.220 e. The number of rotatable bonds is 71. The molecule has 0 aromatic heterocycles. The zero-order valence-corrected chi connectivity index (χ0v) is 61.0. The maximum absolute atomic E-state index is 13.2. The topological polar surface area (TPSA) is 149 Å². The van der Waals surface area contributed by atoms with Crippen LogP contribution in [0.1, 0.15) is 386 Å². The highest BCUT2D eigenvalue weighted by atomic mass is 16.7. The first kappa shape index (κ1) is 88.4. The standard InChI is InChI=1S/C84H153NO8/c1-3-5-7-9-11-13-15-17-19-21-23-25-27-29-31-33-35-36-37-38-39-40-41-42-44-46-48-50-52-54-56-58-60-62-64-66-68-70-72-74-80(88)85-77(76-92-84-83(91)82(90)81(89)79(75-86)93-84)78(87)73-71-69-67-65-63-61-59-57-55-53-51-49-47-45-43-34-32-30-28-26-24-22-20-18-16-14-12-10-8-6-4-2/h5,7,11,13,17,19,23,25,29,31,35-36,71,73,77-79,81-84,86-87,89-91H,3-4,6,8-10,12,14-16,18,20-22,24,26-28,30,32-34,37-70,72,74-76H2,1-2H3,(H,85,88)/b7-5-,13-11-,19-17-,25-23-,31-29-,36-35-,73-71+. The molecule has 1 amide bonds. The maximum atomic E-state index is 13.2. The molecule has 1 heterocycles. The van der Waals surface area contributed by atoms with Crippen molar-refractivity contribution in [3.8, 4) is 0 Å². The van der Waals surface area contributed by atoms with Crippen LogP contribution in [0.3, 0.4) is 0 Å². The van der Waals surface area contributed by atoms with Gasteiger partial charge < -0.3 is 40.3 Å². The molecule has 7 atom stereocenters. The van der Waals surface area contributed by atoms with Gasteiger partial charge in [-0.25, -0.2) is 0 Å². The fourth-order valence-electron chi connectivity index (χ4n) is 12.8. The average Bonchev–Trinajstić information content (AvgIpc) is 1.02. The van der Waals surface area contributed by atoms with E-state index in [1.54, 1.807) is 6.08 Å². The number of ether oxygens (including phenoxy) is 2. The molecule has 0 aliphatic carbocycles. The third-order valence-electron chi connectivity index (χ3n) is 19.0. The molecule has 0 radical (unpaired) electrons. The van der Waals surface area contributed by atoms with Gasteiger partial charge in [0, 0.05) is 6.42 Å². The fraction of sp³-hybridized carbons (Fsp3) is 0.821. The van der Waals surface area contributed by atoms with Crippen molar-refractivity contribution >= 4 is 5.91 Å². The number of carbonyl (C=O) groups excluding carboxylic acids is 1. The molecule has 0 aromatic carbocycles. The molecule has 1 aliphatic rings. The lowest BCUT2D eigenvalue weighted by molar-refractivity contribution is -0.302. The summed E-state index contributed by atoms with van der Waals surface area (Å²) in [4.78, 5) is 13.2. The maximum Gasteiger partial charge on any atom is 0.220 e. The van der Waals surface area contributed by atoms with Gasteiger partial charge in [0.1, 0.15) is 24.4 Å². The lowest BCUT2D eigenvalue weighted by Gasteiger charge is -2.40. The number of aliphatic hydroxyl groups is 5. The zero-order chi connectivity index (χ0) is 67.1. The molecule has 542 valence electrons. The zero-order valence-electron chi connectivity index (χ0n) is 61.0. The molecule has 0 saturated carbocycles. The molecule has 93 heavy (non-hydrogen) atoms. The highest BCUT2D eigenvalue weighted by Gasteiger charge is 2.44. The van der Waals surface area contributed by atoms with E-state index in [0.29, 0.717) is 6.42 Å². The molecule has 1 rings (SSSR count). The quantitative estimate of drug-likeness (QED) is 0.0261. The minimum atomic E-state index is -1.57. The van der Waals surface area contributed by atoms with Crippen molar-refractivity contribution in [2.75, 3.05) is 13.2 Å². The number of unbranched alkanes of at least 4 members (excludes halogenated alkanes) is 49. The summed E-state index contributed by atoms with van der Waals surface area (Å²) in [7, 11) is 0. The molecular formula is C84H153NO8. The fourth-order valence-corrected chi connectivity index (χ4v) is 12.8. The molecule has 1 fully saturated rings. The van der Waals surface area contributed by atoms with Crippen LogP contribution >= 0.6 is 0 Å². The highest BCUT2D eigenvalue weighted by Crippen LogP contribution is 2.24. The van der Waals surface area contributed by atoms with Gasteiger partial charge in [-0.1, -0.05) is 394 Å². The van der Waals surface area contributed by atoms with Crippen LogP contribution < -0.4 is 5.32 Å². The summed E-state index contributed by atoms with van der Waals surface area (Å²) in [5.74, 6) is -0.171. The first-order valence-corrected chi connectivity index (χ1v) is 40.3. The van der Waals surface area contributed by atoms with Crippen LogP contribution in [0.25, 0.3) is 0 Å². The Bertz CT molecular complexity index is 1750. The number of hydrogen-bond acceptors (Lipinski definition) is 8. The Kier molecular flexibility index (Phi) is 68.5. The SMILES string of the molecule is CC/C=C\C/C=C\C/C=C\C/C=C\C/C=C\C/C=C\CCCCCCCCCCCCCCCCCCCCCCC(=O)NC(COC1OC(CO)C(O)C(O)C1O)C(O)/C=C/CCCCCCCCCCCCCCCCCCCCCCCCCCCCCCC. The largest absolute Gasteiger partial charge is 0.394 e. The first-order valence-electron chi connectivity index (χ1n) is 40.3. The van der Waals surface area contributed by atoms with E-state index in [4.69, 9.17) is 9.47 Å². The Balaban J connectivity index is 2.07. The molecule has 9 nitrogen and oxygen atoms in total. The second-order valence-electron chi connectivity index (χ2n) is 27.8. The van der Waals surface area contributed by atoms with E-state index >= 15 is 0 Å². The van der Waals surface area contributed by atoms with Gasteiger partial charge in [-0.15, -0.1) is 0 Å². The van der Waals surface area contributed by atoms with E-state index < -0.39 is 49.5 Å². The first-order chi connectivity index (χ1) is 45.8. The van der Waals surface area contributed by atoms with E-state index in [0.717, 1.165) is 77.0 Å². The van der Waals surface area contributed by atoms with Crippen molar-refractivity contribution in [1.82, 2.24) is 5.32 Å². The molecule has 0 spiro atoms. The van der Waals surface area contributed by atoms with Gasteiger partial charge in [0.25, 0.3) is 0 Å². The van der Waals surface area contributed by atoms with Crippen LogP contribution in [0.5, 0.6) is 0 Å². The monoisotopic (exact) mass is 1300 g/mol. The molecule has 0 bridgehead atoms. The van der Waals surface area contributed by atoms with Crippen molar-refractivity contribution in [2.24, 2.45) is 0 Å². The Hall–Kier alpha value is -2.63. The van der Waals surface area contributed by atoms with Crippen LogP contribution in [0.15, 0.2) is 85.1 Å². The van der Waals surface area contributed by atoms with Gasteiger partial charge in [0.2, 0.25) is 5.91 Å². The number of aliphatic hydroxyl groups excluding tert-OH is 5. The van der Waals surface area contributed by atoms with Crippen LogP contribution in [0.4, 0.5) is 0 Å². The summed E-state index contributed by atoms with van der Waals surface area (Å²) in [5.41, 5.74) is 0. The predicted octanol–water partition coefficient (Wildman–Crippen LogP) is 23.2. The molecular weight excluding hydrogens is 1150 g/mol. The predicted molar refractivity (Wildman–Crippen MR) is 401 cm³/mol. The van der Waals surface area contributed by atoms with Gasteiger partial charge >= 0.3 is 0 Å². The van der Waals surface area contributed by atoms with Gasteiger partial charge in [0.15, 0.2) is 6.29 Å². The summed E-state index contributed by atoms with van der Waals surface area (Å²) >= 11 is 0. The highest BCUT2D eigenvalue weighted by molar-refractivity contribution is 5.76. The number of allylic oxidation sites excluding steroid dienone is 13. The summed E-state index contributed by atoms with van der Waals surface area (Å²) in [6.45, 7) is 3.72. The minimum Gasteiger partial charge on any atom is -0.394 e. The van der Waals surface area contributed by atoms with Crippen molar-refractivity contribution < 1.29 is 39.8 Å². The number of amides is 1. The normalized spacial score (nSPS) is 18.0. The summed E-state index contributed by atoms with van der Waals surface area (Å²) < 4.78 is 11.4. The summed E-state index contributed by atoms with van der Waals surface area (Å²) in [5, 5.41) is 54.9. The number of nitrogens with one attached hydrogen (secondary N) is 1. The summed E-state index contributed by atoms with van der Waals surface area (Å²) in [6.07, 6.45) is 97.3. The lowest BCUT2D eigenvalue weighted by Crippen LogP contribution is -2.60. The molecule has 1 saturated heterocycles. The summed E-state index contributed by atoms with van der Waals surface area (Å²) in [6, 6.07) is -0.809. The van der Waals surface area contributed by atoms with E-state index in [1.807, 2.05) is 6.08 Å². The second-order valence-corrected chi connectivity index (χ2v) is 27.8. The average molecular weight is 1310 g/mol. The van der Waals surface area contributed by atoms with Gasteiger partial charge in [-0.2, -0.15) is 0 Å². The Morgan fingerprint density at radius 3 is 0.989 bits per heavy atom. The number of carbonyl (C=O) groups is 1. The van der Waals surface area contributed by atoms with Gasteiger partial charge in [0.05, 0.1) is 25.4 Å². The Morgan fingerprint density at radius 2 is 0.667 bits per heavy atom. The van der Waals surface area contributed by atoms with Crippen molar-refractivity contribution in [2.45, 2.75) is 429 Å². The molecule has 1 aliphatic heterocycles. The van der Waals surface area contributed by atoms with Crippen molar-refractivity contribution in [3.05, 3.63) is 85.1 Å². The van der Waals surface area contributed by atoms with Crippen LogP contribution in [0, 0.1) is 0 Å². The Labute approximate surface area is 575 Å². The van der Waals surface area contributed by atoms with E-state index in [9.17, 15) is 30.3 Å². The lowest BCUT2D eigenvalue weighted by atomic mass is 9.99. The van der Waals surface area contributed by atoms with Gasteiger partial charge in [-0.3, -0.25) is 4.79 Å². The van der Waals surface area contributed by atoms with Crippen molar-refractivity contribution in [3.63, 3.8) is 0 Å². The third-order valence-corrected chi connectivity index (χ3v) is 19.0. The van der Waals surface area contributed by atoms with Gasteiger partial charge in [-0.05, 0) is 70.6 Å². The van der Waals surface area contributed by atoms with E-state index in [-0.39, 0.29) is 12.5 Å². The third kappa shape index (κ3) is 60.3. The minimum absolute atomic E-state index is 0.171. The number of hydrogen-bond donors (Lipinski definition) is 6. The Morgan fingerprint density at radius 1 is 0.376 bits per heavy atom. The molecule has 6 N–H and O–H groups in total.